The lowest BCUT2D eigenvalue weighted by molar-refractivity contribution is -0.137. The van der Waals surface area contributed by atoms with Crippen molar-refractivity contribution in [2.45, 2.75) is 37.6 Å². The molecule has 0 spiro atoms. The number of benzene rings is 1. The molecule has 0 aromatic heterocycles. The Hall–Kier alpha value is -1.41. The highest BCUT2D eigenvalue weighted by atomic mass is 32.2. The number of rotatable bonds is 5. The lowest BCUT2D eigenvalue weighted by atomic mass is 10.0. The summed E-state index contributed by atoms with van der Waals surface area (Å²) in [6.07, 6.45) is -2.88. The number of hydrogen-bond donors (Lipinski definition) is 1. The largest absolute Gasteiger partial charge is 0.416 e. The number of carbonyl (C=O) groups is 1. The molecule has 140 valence electrons. The molecule has 0 bridgehead atoms. The highest BCUT2D eigenvalue weighted by Crippen LogP contribution is 2.31. The first kappa shape index (κ1) is 19.9. The Labute approximate surface area is 147 Å². The van der Waals surface area contributed by atoms with Gasteiger partial charge in [-0.15, -0.1) is 0 Å². The molecule has 1 atom stereocenters. The van der Waals surface area contributed by atoms with E-state index >= 15 is 0 Å². The van der Waals surface area contributed by atoms with Crippen LogP contribution in [0, 0.1) is 5.92 Å². The first-order chi connectivity index (χ1) is 11.6. The molecule has 1 heterocycles. The van der Waals surface area contributed by atoms with Crippen LogP contribution in [0.25, 0.3) is 0 Å². The molecule has 2 rings (SSSR count). The van der Waals surface area contributed by atoms with Crippen LogP contribution in [0.1, 0.15) is 32.3 Å². The molecule has 1 aliphatic heterocycles. The lowest BCUT2D eigenvalue weighted by Crippen LogP contribution is -2.43. The van der Waals surface area contributed by atoms with Gasteiger partial charge in [0.1, 0.15) is 4.75 Å². The maximum absolute atomic E-state index is 12.8. The topological polar surface area (TPSA) is 55.4 Å². The molecule has 0 saturated carbocycles. The van der Waals surface area contributed by atoms with Gasteiger partial charge in [-0.2, -0.15) is 13.2 Å². The molecule has 1 amide bonds. The number of ether oxygens (including phenoxy) is 1. The van der Waals surface area contributed by atoms with Crippen molar-refractivity contribution in [3.05, 3.63) is 29.8 Å². The maximum atomic E-state index is 12.8. The minimum Gasteiger partial charge on any atom is -0.381 e. The predicted molar refractivity (Wildman–Crippen MR) is 90.7 cm³/mol. The zero-order valence-electron chi connectivity index (χ0n) is 14.2. The van der Waals surface area contributed by atoms with E-state index in [0.717, 1.165) is 25.0 Å². The fraction of sp³-hybridized carbons (Fsp3) is 0.588. The average Bonchev–Trinajstić information content (AvgIpc) is 2.55. The van der Waals surface area contributed by atoms with Crippen molar-refractivity contribution in [2.24, 2.45) is 5.92 Å². The summed E-state index contributed by atoms with van der Waals surface area (Å²) in [6.45, 7) is 4.34. The molecule has 1 aromatic carbocycles. The summed E-state index contributed by atoms with van der Waals surface area (Å²) in [7, 11) is -1.44. The van der Waals surface area contributed by atoms with Crippen molar-refractivity contribution in [2.75, 3.05) is 24.3 Å². The van der Waals surface area contributed by atoms with Crippen LogP contribution in [0.2, 0.25) is 0 Å². The van der Waals surface area contributed by atoms with Crippen molar-refractivity contribution in [1.82, 2.24) is 0 Å². The van der Waals surface area contributed by atoms with Gasteiger partial charge in [-0.3, -0.25) is 9.00 Å². The summed E-state index contributed by atoms with van der Waals surface area (Å²) in [5, 5.41) is 2.46. The zero-order valence-corrected chi connectivity index (χ0v) is 15.0. The van der Waals surface area contributed by atoms with E-state index in [1.807, 2.05) is 0 Å². The fourth-order valence-corrected chi connectivity index (χ4v) is 3.93. The van der Waals surface area contributed by atoms with Gasteiger partial charge in [-0.25, -0.2) is 0 Å². The van der Waals surface area contributed by atoms with Crippen molar-refractivity contribution in [3.63, 3.8) is 0 Å². The summed E-state index contributed by atoms with van der Waals surface area (Å²) in [4.78, 5) is 12.5. The van der Waals surface area contributed by atoms with Crippen LogP contribution in [0.15, 0.2) is 24.3 Å². The van der Waals surface area contributed by atoms with Gasteiger partial charge >= 0.3 is 6.18 Å². The quantitative estimate of drug-likeness (QED) is 0.853. The molecule has 4 nitrogen and oxygen atoms in total. The highest BCUT2D eigenvalue weighted by Gasteiger charge is 2.36. The number of amides is 1. The fourth-order valence-electron chi connectivity index (χ4n) is 2.49. The van der Waals surface area contributed by atoms with Gasteiger partial charge in [0.2, 0.25) is 5.91 Å². The van der Waals surface area contributed by atoms with Crippen molar-refractivity contribution >= 4 is 22.4 Å². The Morgan fingerprint density at radius 2 is 1.92 bits per heavy atom. The minimum absolute atomic E-state index is 0.0379. The Balaban J connectivity index is 2.04. The molecular formula is C17H22F3NO3S. The summed E-state index contributed by atoms with van der Waals surface area (Å²) < 4.78 is 54.9. The van der Waals surface area contributed by atoms with Crippen LogP contribution in [0.4, 0.5) is 18.9 Å². The van der Waals surface area contributed by atoms with E-state index in [2.05, 4.69) is 5.32 Å². The van der Waals surface area contributed by atoms with Gasteiger partial charge in [0.15, 0.2) is 0 Å². The molecule has 1 saturated heterocycles. The van der Waals surface area contributed by atoms with Crippen LogP contribution in [0.5, 0.6) is 0 Å². The number of alkyl halides is 3. The van der Waals surface area contributed by atoms with Crippen LogP contribution >= 0.6 is 0 Å². The van der Waals surface area contributed by atoms with Gasteiger partial charge in [-0.1, -0.05) is 6.07 Å². The van der Waals surface area contributed by atoms with Gasteiger partial charge in [0.25, 0.3) is 0 Å². The first-order valence-electron chi connectivity index (χ1n) is 8.05. The summed E-state index contributed by atoms with van der Waals surface area (Å²) >= 11 is 0. The predicted octanol–water partition coefficient (Wildman–Crippen LogP) is 3.60. The Morgan fingerprint density at radius 1 is 1.28 bits per heavy atom. The molecular weight excluding hydrogens is 355 g/mol. The van der Waals surface area contributed by atoms with E-state index in [9.17, 15) is 22.2 Å². The number of nitrogens with one attached hydrogen (secondary N) is 1. The highest BCUT2D eigenvalue weighted by molar-refractivity contribution is 7.87. The maximum Gasteiger partial charge on any atom is 0.416 e. The van der Waals surface area contributed by atoms with E-state index < -0.39 is 33.2 Å². The van der Waals surface area contributed by atoms with Gasteiger partial charge in [-0.05, 0) is 50.8 Å². The SMILES string of the molecule is CC(C)(C(=O)Nc1cccc(C(F)(F)F)c1)S(=O)CC1CCOCC1. The van der Waals surface area contributed by atoms with Crippen LogP contribution in [-0.2, 0) is 26.5 Å². The molecule has 1 fully saturated rings. The Bertz CT molecular complexity index is 640. The van der Waals surface area contributed by atoms with E-state index in [1.54, 1.807) is 13.8 Å². The number of hydrogen-bond acceptors (Lipinski definition) is 3. The van der Waals surface area contributed by atoms with E-state index in [1.165, 1.54) is 12.1 Å². The van der Waals surface area contributed by atoms with Crippen molar-refractivity contribution in [3.8, 4) is 0 Å². The Morgan fingerprint density at radius 3 is 2.52 bits per heavy atom. The molecule has 1 aliphatic rings. The van der Waals surface area contributed by atoms with Crippen LogP contribution in [0.3, 0.4) is 0 Å². The standard InChI is InChI=1S/C17H22F3NO3S/c1-16(2,25(23)11-12-6-8-24-9-7-12)15(22)21-14-5-3-4-13(10-14)17(18,19)20/h3-5,10,12H,6-9,11H2,1-2H3,(H,21,22). The van der Waals surface area contributed by atoms with Gasteiger partial charge < -0.3 is 10.1 Å². The van der Waals surface area contributed by atoms with Crippen LogP contribution < -0.4 is 5.32 Å². The molecule has 25 heavy (non-hydrogen) atoms. The monoisotopic (exact) mass is 377 g/mol. The molecule has 0 radical (unpaired) electrons. The Kier molecular flexibility index (Phi) is 6.26. The third kappa shape index (κ3) is 5.28. The van der Waals surface area contributed by atoms with E-state index in [-0.39, 0.29) is 11.6 Å². The third-order valence-electron chi connectivity index (χ3n) is 4.29. The molecule has 1 aromatic rings. The molecule has 0 aliphatic carbocycles. The lowest BCUT2D eigenvalue weighted by Gasteiger charge is -2.27. The molecule has 8 heteroatoms. The van der Waals surface area contributed by atoms with E-state index in [4.69, 9.17) is 4.74 Å². The number of carbonyl (C=O) groups excluding carboxylic acids is 1. The smallest absolute Gasteiger partial charge is 0.381 e. The number of anilines is 1. The van der Waals surface area contributed by atoms with Crippen LogP contribution in [-0.4, -0.2) is 33.8 Å². The second kappa shape index (κ2) is 7.86. The van der Waals surface area contributed by atoms with Gasteiger partial charge in [0, 0.05) is 35.5 Å². The van der Waals surface area contributed by atoms with Gasteiger partial charge in [0.05, 0.1) is 5.56 Å². The summed E-state index contributed by atoms with van der Waals surface area (Å²) in [5.74, 6) is 0.0549. The average molecular weight is 377 g/mol. The minimum atomic E-state index is -4.48. The third-order valence-corrected chi connectivity index (χ3v) is 6.39. The van der Waals surface area contributed by atoms with Crippen molar-refractivity contribution < 1.29 is 26.9 Å². The van der Waals surface area contributed by atoms with E-state index in [0.29, 0.717) is 19.0 Å². The molecule has 1 N–H and O–H groups in total. The first-order valence-corrected chi connectivity index (χ1v) is 9.37. The number of halogens is 3. The second-order valence-electron chi connectivity index (χ2n) is 6.61. The molecule has 1 unspecified atom stereocenters. The summed E-state index contributed by atoms with van der Waals surface area (Å²) in [5.41, 5.74) is -0.803. The second-order valence-corrected chi connectivity index (χ2v) is 8.66. The normalized spacial score (nSPS) is 18.0. The zero-order chi connectivity index (χ0) is 18.7. The summed E-state index contributed by atoms with van der Waals surface area (Å²) in [6, 6.07) is 4.41. The van der Waals surface area contributed by atoms with Crippen molar-refractivity contribution in [1.29, 1.82) is 0 Å².